The Hall–Kier alpha value is -3.81. The second kappa shape index (κ2) is 9.21. The van der Waals surface area contributed by atoms with Crippen molar-refractivity contribution >= 4 is 17.0 Å². The zero-order valence-corrected chi connectivity index (χ0v) is 19.3. The first-order chi connectivity index (χ1) is 16.4. The first kappa shape index (κ1) is 22.0. The van der Waals surface area contributed by atoms with Crippen LogP contribution >= 0.6 is 0 Å². The molecule has 3 heterocycles. The van der Waals surface area contributed by atoms with Crippen molar-refractivity contribution in [3.63, 3.8) is 0 Å². The summed E-state index contributed by atoms with van der Waals surface area (Å²) in [5.41, 5.74) is 6.69. The number of carboxylic acid groups (broad SMARTS) is 1. The number of hydrogen-bond donors (Lipinski definition) is 2. The normalized spacial score (nSPS) is 18.2. The van der Waals surface area contributed by atoms with Crippen LogP contribution < -0.4 is 4.74 Å². The molecule has 1 aliphatic carbocycles. The van der Waals surface area contributed by atoms with Crippen LogP contribution in [0.3, 0.4) is 0 Å². The van der Waals surface area contributed by atoms with Gasteiger partial charge in [0, 0.05) is 36.1 Å². The van der Waals surface area contributed by atoms with Crippen LogP contribution in [0, 0.1) is 19.8 Å². The van der Waals surface area contributed by atoms with E-state index < -0.39 is 5.97 Å². The topological polar surface area (TPSA) is 114 Å². The summed E-state index contributed by atoms with van der Waals surface area (Å²) >= 11 is 0. The molecule has 0 saturated heterocycles. The maximum atomic E-state index is 10.9. The highest BCUT2D eigenvalue weighted by molar-refractivity contribution is 5.80. The van der Waals surface area contributed by atoms with E-state index >= 15 is 0 Å². The third kappa shape index (κ3) is 4.76. The van der Waals surface area contributed by atoms with Gasteiger partial charge in [0.05, 0.1) is 16.7 Å². The number of aliphatic carboxylic acids is 1. The Morgan fingerprint density at radius 2 is 1.76 bits per heavy atom. The predicted molar refractivity (Wildman–Crippen MR) is 128 cm³/mol. The summed E-state index contributed by atoms with van der Waals surface area (Å²) in [5.74, 6) is 0.301. The molecule has 0 unspecified atom stereocenters. The van der Waals surface area contributed by atoms with E-state index in [0.717, 1.165) is 64.9 Å². The molecule has 34 heavy (non-hydrogen) atoms. The minimum atomic E-state index is -0.729. The van der Waals surface area contributed by atoms with Gasteiger partial charge in [0.15, 0.2) is 0 Å². The Morgan fingerprint density at radius 3 is 2.47 bits per heavy atom. The fraction of sp³-hybridized carbons (Fsp3) is 0.346. The van der Waals surface area contributed by atoms with E-state index in [4.69, 9.17) is 9.84 Å². The molecule has 5 rings (SSSR count). The SMILES string of the molecule is Cc1ccc2nc(-c3cnc(-c4cnc(OC5CCC(CC(=O)O)CC5)nc4)c(C)c3)[nH]c2c1. The Bertz CT molecular complexity index is 1320. The van der Waals surface area contributed by atoms with Gasteiger partial charge in [0.1, 0.15) is 11.9 Å². The van der Waals surface area contributed by atoms with Crippen LogP contribution in [0.4, 0.5) is 0 Å². The Labute approximate surface area is 197 Å². The summed E-state index contributed by atoms with van der Waals surface area (Å²) in [7, 11) is 0. The van der Waals surface area contributed by atoms with Crippen LogP contribution in [0.1, 0.15) is 43.2 Å². The summed E-state index contributed by atoms with van der Waals surface area (Å²) < 4.78 is 5.94. The number of ether oxygens (including phenoxy) is 1. The van der Waals surface area contributed by atoms with E-state index in [2.05, 4.69) is 50.0 Å². The molecule has 0 spiro atoms. The standard InChI is InChI=1S/C26H27N5O3/c1-15-3-8-21-22(9-15)31-25(30-21)18-10-16(2)24(27-12-18)19-13-28-26(29-14-19)34-20-6-4-17(5-7-20)11-23(32)33/h3,8-10,12-14,17,20H,4-7,11H2,1-2H3,(H,30,31)(H,32,33). The van der Waals surface area contributed by atoms with Crippen molar-refractivity contribution in [2.45, 2.75) is 52.1 Å². The molecule has 0 aliphatic heterocycles. The van der Waals surface area contributed by atoms with Gasteiger partial charge in [-0.05, 0) is 74.8 Å². The lowest BCUT2D eigenvalue weighted by molar-refractivity contribution is -0.138. The third-order valence-corrected chi connectivity index (χ3v) is 6.42. The van der Waals surface area contributed by atoms with Gasteiger partial charge >= 0.3 is 12.0 Å². The average molecular weight is 458 g/mol. The Balaban J connectivity index is 1.26. The van der Waals surface area contributed by atoms with Crippen LogP contribution in [-0.4, -0.2) is 42.1 Å². The average Bonchev–Trinajstić information content (AvgIpc) is 3.24. The molecule has 1 aromatic carbocycles. The summed E-state index contributed by atoms with van der Waals surface area (Å²) in [6.45, 7) is 4.07. The zero-order valence-electron chi connectivity index (χ0n) is 19.3. The number of carboxylic acids is 1. The number of nitrogens with one attached hydrogen (secondary N) is 1. The van der Waals surface area contributed by atoms with Gasteiger partial charge in [-0.25, -0.2) is 15.0 Å². The molecule has 1 saturated carbocycles. The number of imidazole rings is 1. The third-order valence-electron chi connectivity index (χ3n) is 6.42. The van der Waals surface area contributed by atoms with Crippen molar-refractivity contribution in [2.75, 3.05) is 0 Å². The van der Waals surface area contributed by atoms with E-state index in [9.17, 15) is 4.79 Å². The molecule has 3 aromatic heterocycles. The summed E-state index contributed by atoms with van der Waals surface area (Å²) in [4.78, 5) is 32.4. The molecule has 1 aliphatic rings. The lowest BCUT2D eigenvalue weighted by Gasteiger charge is -2.27. The van der Waals surface area contributed by atoms with Crippen molar-refractivity contribution in [3.05, 3.63) is 54.0 Å². The van der Waals surface area contributed by atoms with Gasteiger partial charge in [0.25, 0.3) is 0 Å². The molecule has 0 radical (unpaired) electrons. The van der Waals surface area contributed by atoms with Gasteiger partial charge in [-0.2, -0.15) is 0 Å². The summed E-state index contributed by atoms with van der Waals surface area (Å²) in [6.07, 6.45) is 8.91. The zero-order chi connectivity index (χ0) is 23.7. The molecule has 8 nitrogen and oxygen atoms in total. The number of carbonyl (C=O) groups is 1. The van der Waals surface area contributed by atoms with Gasteiger partial charge in [-0.3, -0.25) is 9.78 Å². The fourth-order valence-corrected chi connectivity index (χ4v) is 4.62. The van der Waals surface area contributed by atoms with Crippen LogP contribution in [0.5, 0.6) is 6.01 Å². The highest BCUT2D eigenvalue weighted by Gasteiger charge is 2.24. The molecule has 1 fully saturated rings. The molecule has 0 bridgehead atoms. The number of benzene rings is 1. The van der Waals surface area contributed by atoms with Crippen LogP contribution in [0.2, 0.25) is 0 Å². The van der Waals surface area contributed by atoms with Crippen LogP contribution in [0.15, 0.2) is 42.9 Å². The lowest BCUT2D eigenvalue weighted by atomic mass is 9.85. The number of aromatic nitrogens is 5. The van der Waals surface area contributed by atoms with E-state index in [1.54, 1.807) is 12.4 Å². The second-order valence-corrected chi connectivity index (χ2v) is 9.11. The van der Waals surface area contributed by atoms with E-state index in [0.29, 0.717) is 6.01 Å². The molecule has 0 amide bonds. The Morgan fingerprint density at radius 1 is 1.03 bits per heavy atom. The molecular formula is C26H27N5O3. The Kier molecular flexibility index (Phi) is 5.96. The van der Waals surface area contributed by atoms with E-state index in [1.165, 1.54) is 5.56 Å². The summed E-state index contributed by atoms with van der Waals surface area (Å²) in [6, 6.07) is 8.56. The number of H-pyrrole nitrogens is 1. The molecule has 174 valence electrons. The molecular weight excluding hydrogens is 430 g/mol. The highest BCUT2D eigenvalue weighted by atomic mass is 16.5. The van der Waals surface area contributed by atoms with Gasteiger partial charge in [-0.15, -0.1) is 0 Å². The van der Waals surface area contributed by atoms with Crippen LogP contribution in [0.25, 0.3) is 33.7 Å². The largest absolute Gasteiger partial charge is 0.481 e. The molecule has 4 aromatic rings. The van der Waals surface area contributed by atoms with Gasteiger partial charge in [-0.1, -0.05) is 6.07 Å². The first-order valence-corrected chi connectivity index (χ1v) is 11.6. The smallest absolute Gasteiger partial charge is 0.316 e. The number of fused-ring (bicyclic) bond motifs is 1. The summed E-state index contributed by atoms with van der Waals surface area (Å²) in [5, 5.41) is 8.96. The number of nitrogens with zero attached hydrogens (tertiary/aromatic N) is 4. The second-order valence-electron chi connectivity index (χ2n) is 9.11. The maximum Gasteiger partial charge on any atom is 0.316 e. The van der Waals surface area contributed by atoms with Crippen molar-refractivity contribution in [1.82, 2.24) is 24.9 Å². The van der Waals surface area contributed by atoms with Crippen molar-refractivity contribution in [2.24, 2.45) is 5.92 Å². The molecule has 2 N–H and O–H groups in total. The number of aryl methyl sites for hydroxylation is 2. The lowest BCUT2D eigenvalue weighted by Crippen LogP contribution is -2.25. The van der Waals surface area contributed by atoms with Crippen molar-refractivity contribution < 1.29 is 14.6 Å². The van der Waals surface area contributed by atoms with Gasteiger partial charge < -0.3 is 14.8 Å². The first-order valence-electron chi connectivity index (χ1n) is 11.6. The van der Waals surface area contributed by atoms with E-state index in [1.807, 2.05) is 19.2 Å². The van der Waals surface area contributed by atoms with E-state index in [-0.39, 0.29) is 18.4 Å². The maximum absolute atomic E-state index is 10.9. The number of aromatic amines is 1. The molecule has 8 heteroatoms. The predicted octanol–water partition coefficient (Wildman–Crippen LogP) is 5.11. The van der Waals surface area contributed by atoms with Crippen molar-refractivity contribution in [3.8, 4) is 28.7 Å². The minimum absolute atomic E-state index is 0.0302. The number of hydrogen-bond acceptors (Lipinski definition) is 6. The fourth-order valence-electron chi connectivity index (χ4n) is 4.62. The number of rotatable bonds is 6. The van der Waals surface area contributed by atoms with Crippen LogP contribution in [-0.2, 0) is 4.79 Å². The highest BCUT2D eigenvalue weighted by Crippen LogP contribution is 2.30. The number of pyridine rings is 1. The monoisotopic (exact) mass is 457 g/mol. The minimum Gasteiger partial charge on any atom is -0.481 e. The van der Waals surface area contributed by atoms with Gasteiger partial charge in [0.2, 0.25) is 0 Å². The molecule has 0 atom stereocenters. The van der Waals surface area contributed by atoms with Crippen molar-refractivity contribution in [1.29, 1.82) is 0 Å². The quantitative estimate of drug-likeness (QED) is 0.413.